The highest BCUT2D eigenvalue weighted by atomic mass is 15.3. The summed E-state index contributed by atoms with van der Waals surface area (Å²) in [6.45, 7) is 8.55. The molecule has 0 amide bonds. The Labute approximate surface area is 92.7 Å². The zero-order chi connectivity index (χ0) is 11.6. The third-order valence-electron chi connectivity index (χ3n) is 3.11. The average Bonchev–Trinajstić information content (AvgIpc) is 2.37. The molecule has 0 saturated heterocycles. The molecular formula is C12H23N3. The van der Waals surface area contributed by atoms with Crippen LogP contribution in [-0.2, 0) is 7.05 Å². The number of hydrogen-bond donors (Lipinski definition) is 1. The van der Waals surface area contributed by atoms with Crippen molar-refractivity contribution < 1.29 is 0 Å². The maximum Gasteiger partial charge on any atom is 0.0631 e. The molecule has 0 saturated carbocycles. The van der Waals surface area contributed by atoms with Crippen LogP contribution in [0.4, 0.5) is 0 Å². The van der Waals surface area contributed by atoms with E-state index in [2.05, 4.69) is 32.8 Å². The van der Waals surface area contributed by atoms with Gasteiger partial charge in [-0.3, -0.25) is 4.68 Å². The highest BCUT2D eigenvalue weighted by Gasteiger charge is 2.16. The lowest BCUT2D eigenvalue weighted by atomic mass is 9.93. The molecule has 3 heteroatoms. The van der Waals surface area contributed by atoms with Crippen molar-refractivity contribution in [2.45, 2.75) is 52.5 Å². The van der Waals surface area contributed by atoms with Crippen molar-refractivity contribution in [3.63, 3.8) is 0 Å². The molecule has 86 valence electrons. The Bertz CT molecular complexity index is 326. The second kappa shape index (κ2) is 4.79. The molecule has 0 bridgehead atoms. The van der Waals surface area contributed by atoms with Gasteiger partial charge in [-0.15, -0.1) is 0 Å². The fraction of sp³-hybridized carbons (Fsp3) is 0.750. The molecule has 1 aromatic heterocycles. The zero-order valence-electron chi connectivity index (χ0n) is 10.5. The summed E-state index contributed by atoms with van der Waals surface area (Å²) < 4.78 is 1.97. The largest absolute Gasteiger partial charge is 0.328 e. The van der Waals surface area contributed by atoms with Gasteiger partial charge in [-0.05, 0) is 45.1 Å². The number of aryl methyl sites for hydroxylation is 2. The topological polar surface area (TPSA) is 43.8 Å². The molecule has 1 heterocycles. The van der Waals surface area contributed by atoms with Gasteiger partial charge in [0.1, 0.15) is 0 Å². The SMILES string of the molecule is Cc1nn(C)c(C)c1C(C)CCC(C)N. The molecule has 15 heavy (non-hydrogen) atoms. The quantitative estimate of drug-likeness (QED) is 0.826. The standard InChI is InChI=1S/C12H23N3/c1-8(6-7-9(2)13)12-10(3)14-15(5)11(12)4/h8-9H,6-7,13H2,1-5H3. The van der Waals surface area contributed by atoms with Crippen molar-refractivity contribution in [3.8, 4) is 0 Å². The smallest absolute Gasteiger partial charge is 0.0631 e. The first-order valence-electron chi connectivity index (χ1n) is 5.69. The minimum atomic E-state index is 0.296. The van der Waals surface area contributed by atoms with Crippen LogP contribution in [-0.4, -0.2) is 15.8 Å². The van der Waals surface area contributed by atoms with Crippen LogP contribution in [0.5, 0.6) is 0 Å². The molecule has 1 rings (SSSR count). The van der Waals surface area contributed by atoms with Crippen molar-refractivity contribution in [3.05, 3.63) is 17.0 Å². The lowest BCUT2D eigenvalue weighted by molar-refractivity contribution is 0.565. The summed E-state index contributed by atoms with van der Waals surface area (Å²) in [5, 5.41) is 4.44. The van der Waals surface area contributed by atoms with E-state index in [1.165, 1.54) is 11.3 Å². The molecule has 1 aromatic rings. The minimum Gasteiger partial charge on any atom is -0.328 e. The first-order valence-corrected chi connectivity index (χ1v) is 5.69. The molecule has 0 aliphatic rings. The molecule has 3 nitrogen and oxygen atoms in total. The van der Waals surface area contributed by atoms with Gasteiger partial charge in [-0.1, -0.05) is 6.92 Å². The highest BCUT2D eigenvalue weighted by molar-refractivity contribution is 5.27. The summed E-state index contributed by atoms with van der Waals surface area (Å²) >= 11 is 0. The fourth-order valence-corrected chi connectivity index (χ4v) is 2.16. The van der Waals surface area contributed by atoms with Gasteiger partial charge in [0.25, 0.3) is 0 Å². The van der Waals surface area contributed by atoms with E-state index in [1.54, 1.807) is 0 Å². The molecule has 0 aliphatic carbocycles. The Morgan fingerprint density at radius 2 is 1.87 bits per heavy atom. The Morgan fingerprint density at radius 3 is 2.27 bits per heavy atom. The summed E-state index contributed by atoms with van der Waals surface area (Å²) in [7, 11) is 2.00. The van der Waals surface area contributed by atoms with E-state index in [9.17, 15) is 0 Å². The Morgan fingerprint density at radius 1 is 1.27 bits per heavy atom. The number of nitrogens with zero attached hydrogens (tertiary/aromatic N) is 2. The van der Waals surface area contributed by atoms with Gasteiger partial charge in [0.15, 0.2) is 0 Å². The van der Waals surface area contributed by atoms with E-state index >= 15 is 0 Å². The number of rotatable bonds is 4. The molecule has 0 fully saturated rings. The Hall–Kier alpha value is -0.830. The van der Waals surface area contributed by atoms with Crippen molar-refractivity contribution in [1.82, 2.24) is 9.78 Å². The highest BCUT2D eigenvalue weighted by Crippen LogP contribution is 2.26. The van der Waals surface area contributed by atoms with Gasteiger partial charge in [0.2, 0.25) is 0 Å². The normalized spacial score (nSPS) is 15.3. The van der Waals surface area contributed by atoms with Gasteiger partial charge in [-0.25, -0.2) is 0 Å². The molecule has 0 radical (unpaired) electrons. The van der Waals surface area contributed by atoms with Crippen molar-refractivity contribution in [2.75, 3.05) is 0 Å². The second-order valence-corrected chi connectivity index (χ2v) is 4.66. The van der Waals surface area contributed by atoms with Crippen molar-refractivity contribution >= 4 is 0 Å². The maximum absolute atomic E-state index is 5.78. The Balaban J connectivity index is 2.77. The second-order valence-electron chi connectivity index (χ2n) is 4.66. The van der Waals surface area contributed by atoms with Crippen LogP contribution in [0.2, 0.25) is 0 Å². The van der Waals surface area contributed by atoms with Crippen LogP contribution >= 0.6 is 0 Å². The fourth-order valence-electron chi connectivity index (χ4n) is 2.16. The first-order chi connectivity index (χ1) is 6.93. The van der Waals surface area contributed by atoms with Gasteiger partial charge >= 0.3 is 0 Å². The van der Waals surface area contributed by atoms with Crippen molar-refractivity contribution in [1.29, 1.82) is 0 Å². The van der Waals surface area contributed by atoms with Crippen LogP contribution in [0, 0.1) is 13.8 Å². The first kappa shape index (κ1) is 12.2. The average molecular weight is 209 g/mol. The lowest BCUT2D eigenvalue weighted by Gasteiger charge is -2.13. The predicted molar refractivity (Wildman–Crippen MR) is 64.0 cm³/mol. The van der Waals surface area contributed by atoms with Crippen LogP contribution in [0.15, 0.2) is 0 Å². The lowest BCUT2D eigenvalue weighted by Crippen LogP contribution is -2.15. The number of aromatic nitrogens is 2. The number of hydrogen-bond acceptors (Lipinski definition) is 2. The molecule has 2 N–H and O–H groups in total. The third-order valence-corrected chi connectivity index (χ3v) is 3.11. The molecule has 2 atom stereocenters. The molecule has 0 aliphatic heterocycles. The van der Waals surface area contributed by atoms with Crippen LogP contribution in [0.25, 0.3) is 0 Å². The zero-order valence-corrected chi connectivity index (χ0v) is 10.5. The summed E-state index contributed by atoms with van der Waals surface area (Å²) in [6, 6.07) is 0.296. The minimum absolute atomic E-state index is 0.296. The monoisotopic (exact) mass is 209 g/mol. The van der Waals surface area contributed by atoms with E-state index in [4.69, 9.17) is 5.73 Å². The van der Waals surface area contributed by atoms with Gasteiger partial charge in [0.05, 0.1) is 5.69 Å². The predicted octanol–water partition coefficient (Wildman–Crippen LogP) is 2.27. The van der Waals surface area contributed by atoms with Crippen LogP contribution in [0.1, 0.15) is 49.6 Å². The van der Waals surface area contributed by atoms with Crippen LogP contribution < -0.4 is 5.73 Å². The van der Waals surface area contributed by atoms with Crippen LogP contribution in [0.3, 0.4) is 0 Å². The van der Waals surface area contributed by atoms with Gasteiger partial charge in [-0.2, -0.15) is 5.10 Å². The van der Waals surface area contributed by atoms with E-state index in [1.807, 2.05) is 11.7 Å². The van der Waals surface area contributed by atoms with Gasteiger partial charge in [0, 0.05) is 18.8 Å². The molecular weight excluding hydrogens is 186 g/mol. The molecule has 0 aromatic carbocycles. The van der Waals surface area contributed by atoms with E-state index in [0.717, 1.165) is 18.5 Å². The number of nitrogens with two attached hydrogens (primary N) is 1. The van der Waals surface area contributed by atoms with E-state index < -0.39 is 0 Å². The Kier molecular flexibility index (Phi) is 3.91. The molecule has 0 spiro atoms. The van der Waals surface area contributed by atoms with Crippen molar-refractivity contribution in [2.24, 2.45) is 12.8 Å². The van der Waals surface area contributed by atoms with E-state index in [0.29, 0.717) is 12.0 Å². The summed E-state index contributed by atoms with van der Waals surface area (Å²) in [6.07, 6.45) is 2.22. The third kappa shape index (κ3) is 2.81. The van der Waals surface area contributed by atoms with E-state index in [-0.39, 0.29) is 0 Å². The summed E-state index contributed by atoms with van der Waals surface area (Å²) in [4.78, 5) is 0. The summed E-state index contributed by atoms with van der Waals surface area (Å²) in [5.74, 6) is 0.560. The van der Waals surface area contributed by atoms with Gasteiger partial charge < -0.3 is 5.73 Å². The maximum atomic E-state index is 5.78. The molecule has 2 unspecified atom stereocenters. The summed E-state index contributed by atoms with van der Waals surface area (Å²) in [5.41, 5.74) is 9.62.